The second kappa shape index (κ2) is 17.9. The number of morpholine rings is 1. The van der Waals surface area contributed by atoms with Crippen molar-refractivity contribution in [2.24, 2.45) is 5.41 Å². The Morgan fingerprint density at radius 2 is 1.40 bits per heavy atom. The van der Waals surface area contributed by atoms with Crippen molar-refractivity contribution in [3.8, 4) is 11.8 Å². The standard InChI is InChI=1S/C24H35FN4O5S.C10H13FN2/c1-24(2,9-3-4-10-26-15-17-34-18-16-26)23(29(31)20-30)19-35(32,33)28-13-11-27(12-14-28)22-7-5-21(25)6-8-22;11-9-1-3-10(4-2-9)13-7-5-12-6-8-13/h5-8,20,23,31H,9-19H2,1-2H3;1-4,12H,5-8H2. The van der Waals surface area contributed by atoms with Gasteiger partial charge in [-0.1, -0.05) is 19.8 Å². The fourth-order valence-corrected chi connectivity index (χ4v) is 7.76. The van der Waals surface area contributed by atoms with E-state index in [1.54, 1.807) is 26.0 Å². The van der Waals surface area contributed by atoms with Gasteiger partial charge < -0.3 is 19.9 Å². The van der Waals surface area contributed by atoms with Crippen LogP contribution in [0.25, 0.3) is 0 Å². The van der Waals surface area contributed by atoms with Crippen molar-refractivity contribution in [3.05, 3.63) is 60.2 Å². The van der Waals surface area contributed by atoms with Crippen molar-refractivity contribution >= 4 is 27.8 Å². The van der Waals surface area contributed by atoms with Gasteiger partial charge in [-0.25, -0.2) is 22.3 Å². The molecule has 1 amide bonds. The molecule has 1 unspecified atom stereocenters. The number of nitrogens with zero attached hydrogens (tertiary/aromatic N) is 5. The van der Waals surface area contributed by atoms with Crippen LogP contribution in [0.5, 0.6) is 0 Å². The highest BCUT2D eigenvalue weighted by Crippen LogP contribution is 2.30. The first-order chi connectivity index (χ1) is 23.0. The molecule has 2 N–H and O–H groups in total. The molecule has 3 aliphatic rings. The van der Waals surface area contributed by atoms with Crippen molar-refractivity contribution in [1.29, 1.82) is 0 Å². The Kier molecular flexibility index (Phi) is 14.0. The Morgan fingerprint density at radius 1 is 0.875 bits per heavy atom. The zero-order valence-corrected chi connectivity index (χ0v) is 28.7. The lowest BCUT2D eigenvalue weighted by Crippen LogP contribution is -2.54. The van der Waals surface area contributed by atoms with E-state index >= 15 is 0 Å². The summed E-state index contributed by atoms with van der Waals surface area (Å²) in [6, 6.07) is 11.8. The minimum Gasteiger partial charge on any atom is -0.379 e. The summed E-state index contributed by atoms with van der Waals surface area (Å²) in [5.74, 6) is 5.32. The smallest absolute Gasteiger partial charge is 0.233 e. The molecule has 1 atom stereocenters. The number of nitrogens with one attached hydrogen (secondary N) is 1. The van der Waals surface area contributed by atoms with Crippen LogP contribution in [0.1, 0.15) is 20.3 Å². The normalized spacial score (nSPS) is 18.6. The maximum absolute atomic E-state index is 13.2. The van der Waals surface area contributed by atoms with Crippen molar-refractivity contribution in [1.82, 2.24) is 19.6 Å². The molecule has 3 saturated heterocycles. The van der Waals surface area contributed by atoms with E-state index in [-0.39, 0.29) is 31.1 Å². The number of halogens is 2. The van der Waals surface area contributed by atoms with E-state index in [9.17, 15) is 27.2 Å². The second-order valence-corrected chi connectivity index (χ2v) is 14.8. The molecule has 11 nitrogen and oxygen atoms in total. The van der Waals surface area contributed by atoms with Gasteiger partial charge in [0.25, 0.3) is 0 Å². The minimum atomic E-state index is -3.77. The van der Waals surface area contributed by atoms with Gasteiger partial charge in [-0.2, -0.15) is 4.31 Å². The summed E-state index contributed by atoms with van der Waals surface area (Å²) in [5.41, 5.74) is 1.18. The van der Waals surface area contributed by atoms with Gasteiger partial charge in [-0.05, 0) is 53.9 Å². The zero-order valence-electron chi connectivity index (χ0n) is 27.9. The van der Waals surface area contributed by atoms with Crippen LogP contribution in [0, 0.1) is 28.9 Å². The number of hydrogen-bond donors (Lipinski definition) is 2. The average Bonchev–Trinajstić information content (AvgIpc) is 3.10. The Labute approximate surface area is 283 Å². The summed E-state index contributed by atoms with van der Waals surface area (Å²) in [7, 11) is -3.77. The SMILES string of the molecule is CC(C)(CC#CCN1CCOCC1)C(CS(=O)(=O)N1CCN(c2ccc(F)cc2)CC1)N(O)C=O.Fc1ccc(N2CCNCC2)cc1. The number of hydrogen-bond acceptors (Lipinski definition) is 9. The summed E-state index contributed by atoms with van der Waals surface area (Å²) in [4.78, 5) is 17.8. The minimum absolute atomic E-state index is 0.168. The topological polar surface area (TPSA) is 109 Å². The highest BCUT2D eigenvalue weighted by atomic mass is 32.2. The Balaban J connectivity index is 0.000000331. The third kappa shape index (κ3) is 11.1. The third-order valence-electron chi connectivity index (χ3n) is 8.91. The molecule has 0 spiro atoms. The molecule has 5 rings (SSSR count). The number of carbonyl (C=O) groups is 1. The third-order valence-corrected chi connectivity index (χ3v) is 10.8. The largest absolute Gasteiger partial charge is 0.379 e. The van der Waals surface area contributed by atoms with E-state index < -0.39 is 27.2 Å². The van der Waals surface area contributed by atoms with Crippen LogP contribution < -0.4 is 15.1 Å². The first-order valence-electron chi connectivity index (χ1n) is 16.4. The molecule has 264 valence electrons. The second-order valence-electron chi connectivity index (χ2n) is 12.8. The highest BCUT2D eigenvalue weighted by Gasteiger charge is 2.39. The van der Waals surface area contributed by atoms with Gasteiger partial charge in [0.2, 0.25) is 16.4 Å². The lowest BCUT2D eigenvalue weighted by molar-refractivity contribution is -0.168. The number of hydroxylamine groups is 2. The molecule has 0 saturated carbocycles. The number of anilines is 2. The lowest BCUT2D eigenvalue weighted by atomic mass is 9.82. The van der Waals surface area contributed by atoms with Crippen molar-refractivity contribution in [2.45, 2.75) is 26.3 Å². The van der Waals surface area contributed by atoms with E-state index in [2.05, 4.69) is 27.0 Å². The molecule has 14 heteroatoms. The van der Waals surface area contributed by atoms with Crippen molar-refractivity contribution in [2.75, 3.05) is 101 Å². The fraction of sp³-hybridized carbons (Fsp3) is 0.559. The van der Waals surface area contributed by atoms with Gasteiger partial charge in [0.15, 0.2) is 0 Å². The molecule has 0 radical (unpaired) electrons. The molecule has 3 aliphatic heterocycles. The van der Waals surface area contributed by atoms with Gasteiger partial charge in [-0.15, -0.1) is 5.92 Å². The maximum atomic E-state index is 13.2. The Bertz CT molecular complexity index is 1450. The highest BCUT2D eigenvalue weighted by molar-refractivity contribution is 7.89. The number of amides is 1. The lowest BCUT2D eigenvalue weighted by Gasteiger charge is -2.39. The molecular weight excluding hydrogens is 642 g/mol. The van der Waals surface area contributed by atoms with Crippen LogP contribution in [0.2, 0.25) is 0 Å². The molecular formula is C34H48F2N6O5S. The van der Waals surface area contributed by atoms with Crippen molar-refractivity contribution < 1.29 is 31.9 Å². The molecule has 0 bridgehead atoms. The number of rotatable bonds is 10. The Hall–Kier alpha value is -3.32. The van der Waals surface area contributed by atoms with Crippen LogP contribution in [-0.2, 0) is 19.6 Å². The number of piperazine rings is 2. The monoisotopic (exact) mass is 690 g/mol. The summed E-state index contributed by atoms with van der Waals surface area (Å²) in [5, 5.41) is 14.0. The Morgan fingerprint density at radius 3 is 1.92 bits per heavy atom. The molecule has 3 fully saturated rings. The van der Waals surface area contributed by atoms with E-state index in [1.807, 2.05) is 17.0 Å². The number of benzene rings is 2. The van der Waals surface area contributed by atoms with Gasteiger partial charge >= 0.3 is 0 Å². The van der Waals surface area contributed by atoms with Crippen molar-refractivity contribution in [3.63, 3.8) is 0 Å². The van der Waals surface area contributed by atoms with E-state index in [0.29, 0.717) is 44.3 Å². The van der Waals surface area contributed by atoms with Gasteiger partial charge in [-0.3, -0.25) is 14.9 Å². The first kappa shape index (κ1) is 37.5. The van der Waals surface area contributed by atoms with Crippen LogP contribution >= 0.6 is 0 Å². The first-order valence-corrected chi connectivity index (χ1v) is 18.0. The van der Waals surface area contributed by atoms with Crippen LogP contribution in [0.4, 0.5) is 20.2 Å². The van der Waals surface area contributed by atoms with Gasteiger partial charge in [0.1, 0.15) is 11.6 Å². The molecule has 0 aliphatic carbocycles. The van der Waals surface area contributed by atoms with Crippen LogP contribution in [0.15, 0.2) is 48.5 Å². The fourth-order valence-electron chi connectivity index (χ4n) is 5.82. The van der Waals surface area contributed by atoms with Crippen LogP contribution in [-0.4, -0.2) is 131 Å². The van der Waals surface area contributed by atoms with Gasteiger partial charge in [0.05, 0.1) is 31.6 Å². The molecule has 3 heterocycles. The summed E-state index contributed by atoms with van der Waals surface area (Å²) < 4.78 is 59.0. The number of ether oxygens (including phenoxy) is 1. The number of carbonyl (C=O) groups excluding carboxylic acids is 1. The summed E-state index contributed by atoms with van der Waals surface area (Å²) >= 11 is 0. The van der Waals surface area contributed by atoms with Gasteiger partial charge in [0, 0.05) is 83.2 Å². The predicted molar refractivity (Wildman–Crippen MR) is 182 cm³/mol. The molecule has 2 aromatic rings. The zero-order chi connectivity index (χ0) is 34.6. The van der Waals surface area contributed by atoms with Crippen LogP contribution in [0.3, 0.4) is 0 Å². The summed E-state index contributed by atoms with van der Waals surface area (Å²) in [6.07, 6.45) is 0.566. The maximum Gasteiger partial charge on any atom is 0.233 e. The van der Waals surface area contributed by atoms with E-state index in [0.717, 1.165) is 50.6 Å². The van der Waals surface area contributed by atoms with E-state index in [1.165, 1.54) is 28.6 Å². The molecule has 0 aromatic heterocycles. The number of sulfonamides is 1. The summed E-state index contributed by atoms with van der Waals surface area (Å²) in [6.45, 7) is 12.7. The molecule has 48 heavy (non-hydrogen) atoms. The van der Waals surface area contributed by atoms with E-state index in [4.69, 9.17) is 4.74 Å². The average molecular weight is 691 g/mol. The quantitative estimate of drug-likeness (QED) is 0.168. The molecule has 2 aromatic carbocycles. The predicted octanol–water partition coefficient (Wildman–Crippen LogP) is 2.48.